The SMILES string of the molecule is Cc1cccc(N(C2=CCC(c3ccc(N(c4ccccc4)c4cccc(C)c4)cc3)C=C2)c2ccccc2)c1. The Labute approximate surface area is 238 Å². The van der Waals surface area contributed by atoms with E-state index in [9.17, 15) is 0 Å². The van der Waals surface area contributed by atoms with Crippen LogP contribution in [0.15, 0.2) is 157 Å². The van der Waals surface area contributed by atoms with Gasteiger partial charge in [-0.2, -0.15) is 0 Å². The molecule has 0 aliphatic heterocycles. The molecule has 2 nitrogen and oxygen atoms in total. The van der Waals surface area contributed by atoms with Crippen LogP contribution >= 0.6 is 0 Å². The molecule has 0 amide bonds. The molecule has 0 heterocycles. The van der Waals surface area contributed by atoms with Gasteiger partial charge in [0.2, 0.25) is 0 Å². The maximum absolute atomic E-state index is 2.37. The normalized spacial score (nSPS) is 14.4. The van der Waals surface area contributed by atoms with Gasteiger partial charge in [-0.1, -0.05) is 84.9 Å². The number of para-hydroxylation sites is 2. The van der Waals surface area contributed by atoms with Crippen molar-refractivity contribution in [2.24, 2.45) is 0 Å². The number of hydrogen-bond acceptors (Lipinski definition) is 2. The fraction of sp³-hybridized carbons (Fsp3) is 0.105. The molecule has 5 aromatic rings. The Morgan fingerprint density at radius 2 is 1.00 bits per heavy atom. The summed E-state index contributed by atoms with van der Waals surface area (Å²) in [6, 6.07) is 47.7. The van der Waals surface area contributed by atoms with Crippen LogP contribution in [0.1, 0.15) is 29.0 Å². The summed E-state index contributed by atoms with van der Waals surface area (Å²) in [6.45, 7) is 4.29. The van der Waals surface area contributed by atoms with Crippen molar-refractivity contribution in [2.45, 2.75) is 26.2 Å². The van der Waals surface area contributed by atoms with Crippen molar-refractivity contribution in [2.75, 3.05) is 9.80 Å². The number of allylic oxidation sites excluding steroid dienone is 3. The molecular weight excluding hydrogens is 484 g/mol. The third kappa shape index (κ3) is 5.48. The molecule has 1 aliphatic rings. The highest BCUT2D eigenvalue weighted by molar-refractivity contribution is 5.77. The van der Waals surface area contributed by atoms with Crippen LogP contribution in [0.2, 0.25) is 0 Å². The third-order valence-electron chi connectivity index (χ3n) is 7.47. The fourth-order valence-electron chi connectivity index (χ4n) is 5.48. The molecule has 0 saturated carbocycles. The fourth-order valence-corrected chi connectivity index (χ4v) is 5.48. The molecule has 2 heteroatoms. The summed E-state index contributed by atoms with van der Waals surface area (Å²) in [5.74, 6) is 0.345. The summed E-state index contributed by atoms with van der Waals surface area (Å²) < 4.78 is 0. The summed E-state index contributed by atoms with van der Waals surface area (Å²) in [6.07, 6.45) is 7.96. The molecule has 1 unspecified atom stereocenters. The summed E-state index contributed by atoms with van der Waals surface area (Å²) >= 11 is 0. The first-order valence-corrected chi connectivity index (χ1v) is 14.0. The van der Waals surface area contributed by atoms with Gasteiger partial charge in [-0.3, -0.25) is 0 Å². The van der Waals surface area contributed by atoms with Gasteiger partial charge in [-0.15, -0.1) is 0 Å². The zero-order chi connectivity index (χ0) is 27.3. The lowest BCUT2D eigenvalue weighted by Crippen LogP contribution is -2.17. The van der Waals surface area contributed by atoms with Gasteiger partial charge in [0, 0.05) is 40.1 Å². The average molecular weight is 519 g/mol. The lowest BCUT2D eigenvalue weighted by atomic mass is 9.91. The van der Waals surface area contributed by atoms with E-state index in [1.165, 1.54) is 39.4 Å². The summed E-state index contributed by atoms with van der Waals surface area (Å²) in [5.41, 5.74) is 10.9. The van der Waals surface area contributed by atoms with Crippen LogP contribution in [-0.2, 0) is 0 Å². The van der Waals surface area contributed by atoms with Gasteiger partial charge in [-0.25, -0.2) is 0 Å². The maximum atomic E-state index is 2.37. The molecule has 0 bridgehead atoms. The molecule has 0 saturated heterocycles. The van der Waals surface area contributed by atoms with Gasteiger partial charge >= 0.3 is 0 Å². The lowest BCUT2D eigenvalue weighted by Gasteiger charge is -2.29. The molecular formula is C38H34N2. The zero-order valence-electron chi connectivity index (χ0n) is 23.1. The van der Waals surface area contributed by atoms with Crippen molar-refractivity contribution in [3.05, 3.63) is 174 Å². The number of rotatable bonds is 7. The van der Waals surface area contributed by atoms with Crippen molar-refractivity contribution in [1.82, 2.24) is 0 Å². The average Bonchev–Trinajstić information content (AvgIpc) is 3.00. The van der Waals surface area contributed by atoms with Crippen LogP contribution in [-0.4, -0.2) is 0 Å². The van der Waals surface area contributed by atoms with Gasteiger partial charge in [0.05, 0.1) is 0 Å². The zero-order valence-corrected chi connectivity index (χ0v) is 23.1. The Bertz CT molecular complexity index is 1630. The Morgan fingerprint density at radius 3 is 1.52 bits per heavy atom. The van der Waals surface area contributed by atoms with Crippen molar-refractivity contribution in [1.29, 1.82) is 0 Å². The molecule has 0 spiro atoms. The van der Waals surface area contributed by atoms with Crippen LogP contribution in [0.5, 0.6) is 0 Å². The van der Waals surface area contributed by atoms with Crippen LogP contribution in [0.4, 0.5) is 28.4 Å². The number of hydrogen-bond donors (Lipinski definition) is 0. The van der Waals surface area contributed by atoms with E-state index in [0.717, 1.165) is 17.8 Å². The minimum absolute atomic E-state index is 0.345. The quantitative estimate of drug-likeness (QED) is 0.211. The molecule has 0 radical (unpaired) electrons. The van der Waals surface area contributed by atoms with Crippen molar-refractivity contribution in [3.8, 4) is 0 Å². The molecule has 1 aliphatic carbocycles. The highest BCUT2D eigenvalue weighted by Crippen LogP contribution is 2.38. The van der Waals surface area contributed by atoms with E-state index in [0.29, 0.717) is 5.92 Å². The van der Waals surface area contributed by atoms with E-state index >= 15 is 0 Å². The first-order valence-electron chi connectivity index (χ1n) is 14.0. The highest BCUT2D eigenvalue weighted by atomic mass is 15.1. The second-order valence-corrected chi connectivity index (χ2v) is 10.4. The third-order valence-corrected chi connectivity index (χ3v) is 7.47. The van der Waals surface area contributed by atoms with Crippen LogP contribution < -0.4 is 9.80 Å². The van der Waals surface area contributed by atoms with E-state index in [2.05, 4.69) is 175 Å². The number of anilines is 5. The van der Waals surface area contributed by atoms with Crippen molar-refractivity contribution in [3.63, 3.8) is 0 Å². The van der Waals surface area contributed by atoms with Gasteiger partial charge in [0.25, 0.3) is 0 Å². The van der Waals surface area contributed by atoms with Crippen LogP contribution in [0.25, 0.3) is 0 Å². The first-order chi connectivity index (χ1) is 19.7. The minimum atomic E-state index is 0.345. The Balaban J connectivity index is 1.26. The number of nitrogens with zero attached hydrogens (tertiary/aromatic N) is 2. The van der Waals surface area contributed by atoms with Crippen molar-refractivity contribution < 1.29 is 0 Å². The van der Waals surface area contributed by atoms with Gasteiger partial charge in [0.15, 0.2) is 0 Å². The van der Waals surface area contributed by atoms with Gasteiger partial charge < -0.3 is 9.80 Å². The Hall–Kier alpha value is -4.82. The Morgan fingerprint density at radius 1 is 0.500 bits per heavy atom. The number of aryl methyl sites for hydroxylation is 2. The Kier molecular flexibility index (Phi) is 7.32. The smallest absolute Gasteiger partial charge is 0.0464 e. The van der Waals surface area contributed by atoms with Gasteiger partial charge in [-0.05, 0) is 104 Å². The highest BCUT2D eigenvalue weighted by Gasteiger charge is 2.19. The van der Waals surface area contributed by atoms with E-state index in [1.807, 2.05) is 0 Å². The number of benzene rings is 5. The van der Waals surface area contributed by atoms with Gasteiger partial charge in [0.1, 0.15) is 0 Å². The maximum Gasteiger partial charge on any atom is 0.0464 e. The lowest BCUT2D eigenvalue weighted by molar-refractivity contribution is 0.840. The minimum Gasteiger partial charge on any atom is -0.311 e. The molecule has 40 heavy (non-hydrogen) atoms. The molecule has 6 rings (SSSR count). The van der Waals surface area contributed by atoms with Crippen molar-refractivity contribution >= 4 is 28.4 Å². The van der Waals surface area contributed by atoms with Crippen LogP contribution in [0, 0.1) is 13.8 Å². The van der Waals surface area contributed by atoms with Crippen LogP contribution in [0.3, 0.4) is 0 Å². The summed E-state index contributed by atoms with van der Waals surface area (Å²) in [5, 5.41) is 0. The standard InChI is InChI=1S/C38H34N2/c1-29-11-9-17-37(27-29)39(33-13-5-3-6-14-33)35-23-19-31(20-24-35)32-21-25-36(26-22-32)40(34-15-7-4-8-16-34)38-18-10-12-30(2)28-38/h3-21,23-28,32H,22H2,1-2H3. The predicted molar refractivity (Wildman–Crippen MR) is 170 cm³/mol. The van der Waals surface area contributed by atoms with E-state index in [4.69, 9.17) is 0 Å². The molecule has 1 atom stereocenters. The monoisotopic (exact) mass is 518 g/mol. The molecule has 5 aromatic carbocycles. The van der Waals surface area contributed by atoms with E-state index < -0.39 is 0 Å². The second kappa shape index (κ2) is 11.5. The predicted octanol–water partition coefficient (Wildman–Crippen LogP) is 10.5. The summed E-state index contributed by atoms with van der Waals surface area (Å²) in [4.78, 5) is 4.67. The second-order valence-electron chi connectivity index (χ2n) is 10.4. The molecule has 0 N–H and O–H groups in total. The largest absolute Gasteiger partial charge is 0.311 e. The van der Waals surface area contributed by atoms with E-state index in [1.54, 1.807) is 0 Å². The molecule has 0 aromatic heterocycles. The van der Waals surface area contributed by atoms with E-state index in [-0.39, 0.29) is 0 Å². The molecule has 0 fully saturated rings. The summed E-state index contributed by atoms with van der Waals surface area (Å²) in [7, 11) is 0. The first kappa shape index (κ1) is 25.5. The topological polar surface area (TPSA) is 6.48 Å². The molecule has 196 valence electrons.